The van der Waals surface area contributed by atoms with E-state index in [-0.39, 0.29) is 17.8 Å². The van der Waals surface area contributed by atoms with E-state index in [9.17, 15) is 5.11 Å². The lowest BCUT2D eigenvalue weighted by molar-refractivity contribution is 0.170. The molecule has 1 aromatic carbocycles. The summed E-state index contributed by atoms with van der Waals surface area (Å²) >= 11 is 4.45. The van der Waals surface area contributed by atoms with Crippen LogP contribution in [0.1, 0.15) is 13.3 Å². The number of nitrogens with one attached hydrogen (secondary N) is 2. The van der Waals surface area contributed by atoms with Crippen LogP contribution in [0.3, 0.4) is 0 Å². The van der Waals surface area contributed by atoms with Crippen LogP contribution in [0.2, 0.25) is 0 Å². The largest absolute Gasteiger partial charge is 0.393 e. The SMILES string of the molecule is CC(O)CC1NNC(S)N1c1ccccc1. The van der Waals surface area contributed by atoms with Gasteiger partial charge in [0.15, 0.2) is 0 Å². The number of rotatable bonds is 3. The third kappa shape index (κ3) is 2.49. The second-order valence-electron chi connectivity index (χ2n) is 4.01. The smallest absolute Gasteiger partial charge is 0.139 e. The van der Waals surface area contributed by atoms with Crippen molar-refractivity contribution in [2.75, 3.05) is 4.90 Å². The van der Waals surface area contributed by atoms with Gasteiger partial charge in [-0.1, -0.05) is 18.2 Å². The fourth-order valence-electron chi connectivity index (χ4n) is 1.90. The van der Waals surface area contributed by atoms with Gasteiger partial charge >= 0.3 is 0 Å². The van der Waals surface area contributed by atoms with Crippen LogP contribution in [-0.2, 0) is 0 Å². The topological polar surface area (TPSA) is 47.5 Å². The van der Waals surface area contributed by atoms with Crippen molar-refractivity contribution < 1.29 is 5.11 Å². The first-order chi connectivity index (χ1) is 7.68. The fraction of sp³-hybridized carbons (Fsp3) is 0.455. The number of hydrogen-bond acceptors (Lipinski definition) is 5. The van der Waals surface area contributed by atoms with Gasteiger partial charge in [0.2, 0.25) is 0 Å². The molecule has 1 aliphatic rings. The summed E-state index contributed by atoms with van der Waals surface area (Å²) < 4.78 is 0. The minimum Gasteiger partial charge on any atom is -0.393 e. The summed E-state index contributed by atoms with van der Waals surface area (Å²) in [6.45, 7) is 1.79. The van der Waals surface area contributed by atoms with Gasteiger partial charge in [0.05, 0.1) is 12.3 Å². The Kier molecular flexibility index (Phi) is 3.70. The van der Waals surface area contributed by atoms with Crippen LogP contribution >= 0.6 is 12.6 Å². The van der Waals surface area contributed by atoms with Crippen LogP contribution in [0, 0.1) is 0 Å². The Morgan fingerprint density at radius 2 is 2.06 bits per heavy atom. The predicted molar refractivity (Wildman–Crippen MR) is 68.1 cm³/mol. The van der Waals surface area contributed by atoms with Crippen molar-refractivity contribution in [2.45, 2.75) is 31.1 Å². The molecule has 0 aliphatic carbocycles. The molecule has 0 saturated carbocycles. The van der Waals surface area contributed by atoms with Gasteiger partial charge in [-0.15, -0.1) is 12.6 Å². The number of thiol groups is 1. The molecule has 0 amide bonds. The van der Waals surface area contributed by atoms with Gasteiger partial charge in [0, 0.05) is 12.1 Å². The monoisotopic (exact) mass is 239 g/mol. The number of anilines is 1. The molecule has 0 aromatic heterocycles. The standard InChI is InChI=1S/C11H17N3OS/c1-8(15)7-10-12-13-11(16)14(10)9-5-3-2-4-6-9/h2-6,8,10-13,15-16H,7H2,1H3. The van der Waals surface area contributed by atoms with Gasteiger partial charge in [-0.05, 0) is 19.1 Å². The first-order valence-corrected chi connectivity index (χ1v) is 5.90. The highest BCUT2D eigenvalue weighted by atomic mass is 32.1. The molecule has 2 rings (SSSR count). The Hall–Kier alpha value is -0.750. The third-order valence-corrected chi connectivity index (χ3v) is 2.97. The van der Waals surface area contributed by atoms with Crippen molar-refractivity contribution in [3.8, 4) is 0 Å². The molecule has 1 fully saturated rings. The predicted octanol–water partition coefficient (Wildman–Crippen LogP) is 0.911. The number of para-hydroxylation sites is 1. The van der Waals surface area contributed by atoms with Gasteiger partial charge < -0.3 is 10.0 Å². The minimum atomic E-state index is -0.343. The molecule has 5 heteroatoms. The average Bonchev–Trinajstić information content (AvgIpc) is 2.60. The second kappa shape index (κ2) is 5.05. The fourth-order valence-corrected chi connectivity index (χ4v) is 2.27. The molecular formula is C11H17N3OS. The Labute approximate surface area is 101 Å². The average molecular weight is 239 g/mol. The Morgan fingerprint density at radius 1 is 1.38 bits per heavy atom. The normalized spacial score (nSPS) is 27.1. The number of aliphatic hydroxyl groups excluding tert-OH is 1. The van der Waals surface area contributed by atoms with E-state index in [1.165, 1.54) is 0 Å². The van der Waals surface area contributed by atoms with E-state index in [4.69, 9.17) is 0 Å². The Morgan fingerprint density at radius 3 is 2.69 bits per heavy atom. The highest BCUT2D eigenvalue weighted by Gasteiger charge is 2.31. The van der Waals surface area contributed by atoms with Crippen LogP contribution < -0.4 is 15.8 Å². The zero-order valence-electron chi connectivity index (χ0n) is 9.17. The summed E-state index contributed by atoms with van der Waals surface area (Å²) in [5, 5.41) is 9.44. The third-order valence-electron chi connectivity index (χ3n) is 2.60. The molecule has 3 atom stereocenters. The molecule has 88 valence electrons. The zero-order chi connectivity index (χ0) is 11.5. The quantitative estimate of drug-likeness (QED) is 0.592. The van der Waals surface area contributed by atoms with E-state index in [2.05, 4.69) is 28.4 Å². The maximum Gasteiger partial charge on any atom is 0.139 e. The summed E-state index contributed by atoms with van der Waals surface area (Å²) in [7, 11) is 0. The van der Waals surface area contributed by atoms with E-state index < -0.39 is 0 Å². The van der Waals surface area contributed by atoms with Crippen LogP contribution in [0.25, 0.3) is 0 Å². The Balaban J connectivity index is 2.16. The van der Waals surface area contributed by atoms with Crippen molar-refractivity contribution in [1.29, 1.82) is 0 Å². The van der Waals surface area contributed by atoms with E-state index in [0.29, 0.717) is 6.42 Å². The van der Waals surface area contributed by atoms with Gasteiger partial charge in [0.1, 0.15) is 5.50 Å². The van der Waals surface area contributed by atoms with E-state index in [1.807, 2.05) is 30.3 Å². The first-order valence-electron chi connectivity index (χ1n) is 5.39. The van der Waals surface area contributed by atoms with Crippen LogP contribution in [0.15, 0.2) is 30.3 Å². The highest BCUT2D eigenvalue weighted by Crippen LogP contribution is 2.24. The summed E-state index contributed by atoms with van der Waals surface area (Å²) in [5.41, 5.74) is 7.19. The molecule has 1 aliphatic heterocycles. The Bertz CT molecular complexity index is 333. The molecule has 1 heterocycles. The first kappa shape index (κ1) is 11.7. The van der Waals surface area contributed by atoms with Crippen molar-refractivity contribution in [2.24, 2.45) is 0 Å². The highest BCUT2D eigenvalue weighted by molar-refractivity contribution is 7.81. The lowest BCUT2D eigenvalue weighted by atomic mass is 10.2. The maximum absolute atomic E-state index is 9.44. The van der Waals surface area contributed by atoms with Crippen LogP contribution in [0.5, 0.6) is 0 Å². The van der Waals surface area contributed by atoms with Crippen molar-refractivity contribution >= 4 is 18.3 Å². The molecule has 1 aromatic rings. The molecule has 0 bridgehead atoms. The lowest BCUT2D eigenvalue weighted by Gasteiger charge is -2.28. The van der Waals surface area contributed by atoms with E-state index >= 15 is 0 Å². The molecule has 0 spiro atoms. The molecule has 1 saturated heterocycles. The molecule has 4 nitrogen and oxygen atoms in total. The summed E-state index contributed by atoms with van der Waals surface area (Å²) in [4.78, 5) is 2.11. The molecular weight excluding hydrogens is 222 g/mol. The summed E-state index contributed by atoms with van der Waals surface area (Å²) in [5.74, 6) is 0. The van der Waals surface area contributed by atoms with Gasteiger partial charge in [0.25, 0.3) is 0 Å². The van der Waals surface area contributed by atoms with Crippen molar-refractivity contribution in [3.63, 3.8) is 0 Å². The number of hydrogen-bond donors (Lipinski definition) is 4. The zero-order valence-corrected chi connectivity index (χ0v) is 10.1. The van der Waals surface area contributed by atoms with Crippen molar-refractivity contribution in [1.82, 2.24) is 10.9 Å². The van der Waals surface area contributed by atoms with Gasteiger partial charge in [-0.3, -0.25) is 0 Å². The van der Waals surface area contributed by atoms with Gasteiger partial charge in [-0.2, -0.15) is 0 Å². The number of benzene rings is 1. The van der Waals surface area contributed by atoms with E-state index in [1.54, 1.807) is 6.92 Å². The number of nitrogens with zero attached hydrogens (tertiary/aromatic N) is 1. The second-order valence-corrected chi connectivity index (χ2v) is 4.49. The van der Waals surface area contributed by atoms with Gasteiger partial charge in [-0.25, -0.2) is 10.9 Å². The number of hydrazine groups is 1. The van der Waals surface area contributed by atoms with Crippen molar-refractivity contribution in [3.05, 3.63) is 30.3 Å². The van der Waals surface area contributed by atoms with Crippen LogP contribution in [-0.4, -0.2) is 22.9 Å². The van der Waals surface area contributed by atoms with E-state index in [0.717, 1.165) is 5.69 Å². The summed E-state index contributed by atoms with van der Waals surface area (Å²) in [6.07, 6.45) is 0.368. The number of aliphatic hydroxyl groups is 1. The molecule has 16 heavy (non-hydrogen) atoms. The molecule has 3 N–H and O–H groups in total. The lowest BCUT2D eigenvalue weighted by Crippen LogP contribution is -2.39. The summed E-state index contributed by atoms with van der Waals surface area (Å²) in [6, 6.07) is 10.0. The maximum atomic E-state index is 9.44. The molecule has 0 radical (unpaired) electrons. The molecule has 3 unspecified atom stereocenters. The van der Waals surface area contributed by atoms with Crippen LogP contribution in [0.4, 0.5) is 5.69 Å². The minimum absolute atomic E-state index is 0.0601.